The van der Waals surface area contributed by atoms with E-state index in [1.807, 2.05) is 23.5 Å². The molecule has 0 atom stereocenters. The average molecular weight is 934 g/mol. The number of furan rings is 1. The summed E-state index contributed by atoms with van der Waals surface area (Å²) in [5, 5.41) is 14.2. The molecular formula is C67H39N3OS. The minimum Gasteiger partial charge on any atom is -0.455 e. The number of benzene rings is 12. The predicted molar refractivity (Wildman–Crippen MR) is 303 cm³/mol. The summed E-state index contributed by atoms with van der Waals surface area (Å²) >= 11 is 1.86. The van der Waals surface area contributed by atoms with Gasteiger partial charge in [-0.15, -0.1) is 11.3 Å². The van der Waals surface area contributed by atoms with Crippen LogP contribution in [0.3, 0.4) is 0 Å². The molecule has 15 rings (SSSR count). The van der Waals surface area contributed by atoms with Crippen LogP contribution in [0.2, 0.25) is 0 Å². The summed E-state index contributed by atoms with van der Waals surface area (Å²) in [7, 11) is 0. The summed E-state index contributed by atoms with van der Waals surface area (Å²) in [6, 6.07) is 84.5. The van der Waals surface area contributed by atoms with E-state index in [-0.39, 0.29) is 0 Å². The van der Waals surface area contributed by atoms with Crippen molar-refractivity contribution in [2.75, 3.05) is 0 Å². The normalized spacial score (nSPS) is 11.9. The van der Waals surface area contributed by atoms with Gasteiger partial charge >= 0.3 is 0 Å². The lowest BCUT2D eigenvalue weighted by molar-refractivity contribution is 0.670. The smallest absolute Gasteiger partial charge is 0.164 e. The van der Waals surface area contributed by atoms with E-state index < -0.39 is 0 Å². The first kappa shape index (κ1) is 40.6. The number of para-hydroxylation sites is 1. The lowest BCUT2D eigenvalue weighted by Crippen LogP contribution is -2.00. The molecule has 0 aliphatic heterocycles. The van der Waals surface area contributed by atoms with Crippen molar-refractivity contribution in [3.05, 3.63) is 237 Å². The van der Waals surface area contributed by atoms with E-state index >= 15 is 0 Å². The molecule has 72 heavy (non-hydrogen) atoms. The second kappa shape index (κ2) is 16.1. The molecule has 0 bridgehead atoms. The highest BCUT2D eigenvalue weighted by molar-refractivity contribution is 7.26. The SMILES string of the molecule is c1cc(-c2ccc(-c3nc(-c4ccc5c6ccccc6c6ccccc6c5c4)nc(-c4cccc5oc6c(-c7cccc8ccccc78)cccc6c45)n3)cc2)cc(-c2cccc3c2sc2ccccc23)c1. The van der Waals surface area contributed by atoms with E-state index in [1.165, 1.54) is 69.0 Å². The fraction of sp³-hybridized carbons (Fsp3) is 0. The average Bonchev–Trinajstić information content (AvgIpc) is 4.04. The van der Waals surface area contributed by atoms with Gasteiger partial charge in [0, 0.05) is 53.2 Å². The number of nitrogens with zero attached hydrogens (tertiary/aromatic N) is 3. The third-order valence-electron chi connectivity index (χ3n) is 14.5. The maximum Gasteiger partial charge on any atom is 0.164 e. The standard InChI is InChI=1S/C67H39N3OS/c1-2-18-46-41(14-1)15-10-25-48(46)55-26-12-28-57-62-58(29-13-30-60(62)71-63(55)57)67-69-65(68-66(70-67)45-36-37-53-51-21-4-3-19-49(51)50-20-5-6-22-52(50)59(53)39-45)42-34-32-40(33-35-42)43-16-9-17-44(38-43)47-24-11-27-56-54-23-7-8-31-61(54)72-64(47)56/h1-39H. The quantitative estimate of drug-likeness (QED) is 0.156. The van der Waals surface area contributed by atoms with Gasteiger partial charge in [0.25, 0.3) is 0 Å². The number of rotatable bonds is 6. The van der Waals surface area contributed by atoms with Gasteiger partial charge in [-0.25, -0.2) is 15.0 Å². The van der Waals surface area contributed by atoms with Crippen LogP contribution in [0.15, 0.2) is 241 Å². The molecular weight excluding hydrogens is 895 g/mol. The topological polar surface area (TPSA) is 51.8 Å². The maximum absolute atomic E-state index is 6.86. The van der Waals surface area contributed by atoms with E-state index in [0.717, 1.165) is 66.3 Å². The Morgan fingerprint density at radius 3 is 1.62 bits per heavy atom. The Kier molecular flexibility index (Phi) is 9.10. The predicted octanol–water partition coefficient (Wildman–Crippen LogP) is 18.8. The molecule has 15 aromatic rings. The van der Waals surface area contributed by atoms with Crippen molar-refractivity contribution in [2.45, 2.75) is 0 Å². The van der Waals surface area contributed by atoms with Crippen LogP contribution < -0.4 is 0 Å². The number of hydrogen-bond acceptors (Lipinski definition) is 5. The molecule has 0 saturated carbocycles. The van der Waals surface area contributed by atoms with Gasteiger partial charge in [0.15, 0.2) is 17.5 Å². The fourth-order valence-electron chi connectivity index (χ4n) is 11.2. The van der Waals surface area contributed by atoms with Gasteiger partial charge in [-0.2, -0.15) is 0 Å². The largest absolute Gasteiger partial charge is 0.455 e. The number of thiophene rings is 1. The zero-order chi connectivity index (χ0) is 47.3. The van der Waals surface area contributed by atoms with Crippen LogP contribution in [0, 0.1) is 0 Å². The first-order valence-corrected chi connectivity index (χ1v) is 25.1. The summed E-state index contributed by atoms with van der Waals surface area (Å²) in [6.07, 6.45) is 0. The van der Waals surface area contributed by atoms with Gasteiger partial charge in [-0.05, 0) is 95.2 Å². The maximum atomic E-state index is 6.86. The van der Waals surface area contributed by atoms with E-state index in [2.05, 4.69) is 224 Å². The molecule has 334 valence electrons. The van der Waals surface area contributed by atoms with E-state index in [0.29, 0.717) is 17.5 Å². The Labute approximate surface area is 417 Å². The van der Waals surface area contributed by atoms with Gasteiger partial charge in [0.1, 0.15) is 11.2 Å². The zero-order valence-electron chi connectivity index (χ0n) is 38.7. The molecule has 0 aliphatic rings. The molecule has 0 N–H and O–H groups in total. The lowest BCUT2D eigenvalue weighted by atomic mass is 9.93. The minimum atomic E-state index is 0.578. The molecule has 5 heteroatoms. The first-order chi connectivity index (χ1) is 35.7. The third kappa shape index (κ3) is 6.41. The summed E-state index contributed by atoms with van der Waals surface area (Å²) in [5.41, 5.74) is 11.2. The Bertz CT molecular complexity index is 4660. The highest BCUT2D eigenvalue weighted by Crippen LogP contribution is 2.44. The van der Waals surface area contributed by atoms with E-state index in [9.17, 15) is 0 Å². The molecule has 3 heterocycles. The van der Waals surface area contributed by atoms with Crippen LogP contribution >= 0.6 is 11.3 Å². The van der Waals surface area contributed by atoms with Crippen molar-refractivity contribution in [3.8, 4) is 67.5 Å². The Hall–Kier alpha value is -9.29. The summed E-state index contributed by atoms with van der Waals surface area (Å²) in [6.45, 7) is 0. The van der Waals surface area contributed by atoms with Crippen molar-refractivity contribution in [2.24, 2.45) is 0 Å². The summed E-state index contributed by atoms with van der Waals surface area (Å²) in [5.74, 6) is 1.77. The molecule has 0 radical (unpaired) electrons. The van der Waals surface area contributed by atoms with Crippen LogP contribution in [0.1, 0.15) is 0 Å². The van der Waals surface area contributed by atoms with Crippen molar-refractivity contribution in [1.29, 1.82) is 0 Å². The Morgan fingerprint density at radius 1 is 0.292 bits per heavy atom. The zero-order valence-corrected chi connectivity index (χ0v) is 39.5. The first-order valence-electron chi connectivity index (χ1n) is 24.3. The molecule has 0 fully saturated rings. The lowest BCUT2D eigenvalue weighted by Gasteiger charge is -2.13. The van der Waals surface area contributed by atoms with Crippen LogP contribution in [0.5, 0.6) is 0 Å². The molecule has 0 spiro atoms. The number of fused-ring (bicyclic) bond motifs is 13. The third-order valence-corrected chi connectivity index (χ3v) is 15.8. The van der Waals surface area contributed by atoms with Crippen molar-refractivity contribution in [3.63, 3.8) is 0 Å². The van der Waals surface area contributed by atoms with Crippen LogP contribution in [-0.2, 0) is 0 Å². The number of hydrogen-bond donors (Lipinski definition) is 0. The highest BCUT2D eigenvalue weighted by atomic mass is 32.1. The van der Waals surface area contributed by atoms with Crippen LogP contribution in [-0.4, -0.2) is 15.0 Å². The van der Waals surface area contributed by atoms with Crippen molar-refractivity contribution in [1.82, 2.24) is 15.0 Å². The van der Waals surface area contributed by atoms with Crippen LogP contribution in [0.25, 0.3) is 153 Å². The van der Waals surface area contributed by atoms with Gasteiger partial charge in [-0.1, -0.05) is 212 Å². The molecule has 12 aromatic carbocycles. The molecule has 4 nitrogen and oxygen atoms in total. The van der Waals surface area contributed by atoms with Gasteiger partial charge in [0.2, 0.25) is 0 Å². The highest BCUT2D eigenvalue weighted by Gasteiger charge is 2.21. The molecule has 0 unspecified atom stereocenters. The molecule has 0 saturated heterocycles. The van der Waals surface area contributed by atoms with Gasteiger partial charge in [-0.3, -0.25) is 0 Å². The fourth-order valence-corrected chi connectivity index (χ4v) is 12.4. The number of aromatic nitrogens is 3. The molecule has 0 amide bonds. The van der Waals surface area contributed by atoms with E-state index in [1.54, 1.807) is 0 Å². The molecule has 3 aromatic heterocycles. The molecule has 0 aliphatic carbocycles. The van der Waals surface area contributed by atoms with Gasteiger partial charge in [0.05, 0.1) is 0 Å². The Balaban J connectivity index is 0.894. The second-order valence-corrected chi connectivity index (χ2v) is 19.6. The second-order valence-electron chi connectivity index (χ2n) is 18.6. The summed E-state index contributed by atoms with van der Waals surface area (Å²) < 4.78 is 9.47. The van der Waals surface area contributed by atoms with Crippen molar-refractivity contribution < 1.29 is 4.42 Å². The van der Waals surface area contributed by atoms with Crippen molar-refractivity contribution >= 4 is 96.5 Å². The Morgan fingerprint density at radius 2 is 0.819 bits per heavy atom. The minimum absolute atomic E-state index is 0.578. The summed E-state index contributed by atoms with van der Waals surface area (Å²) in [4.78, 5) is 16.1. The van der Waals surface area contributed by atoms with Crippen LogP contribution in [0.4, 0.5) is 0 Å². The van der Waals surface area contributed by atoms with E-state index in [4.69, 9.17) is 19.4 Å². The van der Waals surface area contributed by atoms with Gasteiger partial charge < -0.3 is 4.42 Å². The monoisotopic (exact) mass is 933 g/mol.